The van der Waals surface area contributed by atoms with Gasteiger partial charge in [0.15, 0.2) is 0 Å². The van der Waals surface area contributed by atoms with Crippen LogP contribution in [0.3, 0.4) is 0 Å². The van der Waals surface area contributed by atoms with Crippen molar-refractivity contribution in [2.75, 3.05) is 10.6 Å². The third-order valence-electron chi connectivity index (χ3n) is 3.50. The van der Waals surface area contributed by atoms with Crippen LogP contribution in [0.25, 0.3) is 0 Å². The van der Waals surface area contributed by atoms with E-state index in [1.807, 2.05) is 36.4 Å². The summed E-state index contributed by atoms with van der Waals surface area (Å²) in [5, 5.41) is 9.08. The maximum absolute atomic E-state index is 11.7. The van der Waals surface area contributed by atoms with Crippen molar-refractivity contribution >= 4 is 39.0 Å². The zero-order chi connectivity index (χ0) is 15.5. The van der Waals surface area contributed by atoms with E-state index in [0.717, 1.165) is 34.4 Å². The van der Waals surface area contributed by atoms with Crippen molar-refractivity contribution in [1.29, 1.82) is 0 Å². The summed E-state index contributed by atoms with van der Waals surface area (Å²) >= 11 is 3.49. The van der Waals surface area contributed by atoms with Crippen molar-refractivity contribution in [3.05, 3.63) is 52.5 Å². The van der Waals surface area contributed by atoms with Crippen LogP contribution in [0.15, 0.2) is 46.9 Å². The molecule has 1 saturated carbocycles. The Hall–Kier alpha value is -2.01. The molecule has 2 aromatic carbocycles. The summed E-state index contributed by atoms with van der Waals surface area (Å²) in [6, 6.07) is 14.0. The summed E-state index contributed by atoms with van der Waals surface area (Å²) in [7, 11) is 0. The molecule has 0 bridgehead atoms. The first-order valence-corrected chi connectivity index (χ1v) is 8.10. The van der Waals surface area contributed by atoms with Gasteiger partial charge in [-0.2, -0.15) is 0 Å². The molecule has 114 valence electrons. The predicted octanol–water partition coefficient (Wildman–Crippen LogP) is 4.79. The maximum Gasteiger partial charge on any atom is 0.319 e. The Bertz CT molecular complexity index is 681. The van der Waals surface area contributed by atoms with E-state index in [1.165, 1.54) is 5.56 Å². The molecule has 0 saturated heterocycles. The molecule has 0 radical (unpaired) electrons. The van der Waals surface area contributed by atoms with Crippen molar-refractivity contribution in [3.8, 4) is 0 Å². The molecule has 3 rings (SSSR count). The molecule has 0 atom stereocenters. The van der Waals surface area contributed by atoms with E-state index in [2.05, 4.69) is 44.9 Å². The fraction of sp³-hybridized carbons (Fsp3) is 0.235. The first-order valence-electron chi connectivity index (χ1n) is 7.31. The Kier molecular flexibility index (Phi) is 4.34. The molecule has 1 aliphatic carbocycles. The van der Waals surface area contributed by atoms with Crippen molar-refractivity contribution in [3.63, 3.8) is 0 Å². The van der Waals surface area contributed by atoms with Crippen LogP contribution in [0, 0.1) is 6.92 Å². The van der Waals surface area contributed by atoms with Crippen molar-refractivity contribution in [2.45, 2.75) is 25.8 Å². The van der Waals surface area contributed by atoms with Crippen LogP contribution in [-0.2, 0) is 0 Å². The molecule has 2 amide bonds. The molecule has 0 heterocycles. The predicted molar refractivity (Wildman–Crippen MR) is 93.8 cm³/mol. The van der Waals surface area contributed by atoms with Crippen LogP contribution in [-0.4, -0.2) is 12.1 Å². The van der Waals surface area contributed by atoms with Gasteiger partial charge >= 0.3 is 6.03 Å². The highest BCUT2D eigenvalue weighted by atomic mass is 79.9. The summed E-state index contributed by atoms with van der Waals surface area (Å²) in [6.45, 7) is 2.06. The number of amides is 2. The molecule has 0 aliphatic heterocycles. The SMILES string of the molecule is Cc1cc(Nc2ccc(NC(=O)NC3CC3)cc2)ccc1Br. The Balaban J connectivity index is 1.60. The quantitative estimate of drug-likeness (QED) is 0.735. The van der Waals surface area contributed by atoms with Gasteiger partial charge in [0.25, 0.3) is 0 Å². The van der Waals surface area contributed by atoms with Gasteiger partial charge in [0.1, 0.15) is 0 Å². The van der Waals surface area contributed by atoms with E-state index >= 15 is 0 Å². The highest BCUT2D eigenvalue weighted by molar-refractivity contribution is 9.10. The van der Waals surface area contributed by atoms with E-state index in [0.29, 0.717) is 6.04 Å². The van der Waals surface area contributed by atoms with Gasteiger partial charge in [-0.15, -0.1) is 0 Å². The summed E-state index contributed by atoms with van der Waals surface area (Å²) < 4.78 is 1.10. The average Bonchev–Trinajstić information content (AvgIpc) is 3.29. The van der Waals surface area contributed by atoms with Gasteiger partial charge < -0.3 is 16.0 Å². The molecular formula is C17H18BrN3O. The number of aryl methyl sites for hydroxylation is 1. The highest BCUT2D eigenvalue weighted by Crippen LogP contribution is 2.24. The van der Waals surface area contributed by atoms with Gasteiger partial charge in [-0.3, -0.25) is 0 Å². The molecular weight excluding hydrogens is 342 g/mol. The minimum absolute atomic E-state index is 0.133. The zero-order valence-electron chi connectivity index (χ0n) is 12.3. The molecule has 0 aromatic heterocycles. The Morgan fingerprint density at radius 2 is 1.68 bits per heavy atom. The Morgan fingerprint density at radius 1 is 1.05 bits per heavy atom. The summed E-state index contributed by atoms with van der Waals surface area (Å²) in [4.78, 5) is 11.7. The largest absolute Gasteiger partial charge is 0.356 e. The van der Waals surface area contributed by atoms with Gasteiger partial charge in [-0.25, -0.2) is 4.79 Å². The number of benzene rings is 2. The number of rotatable bonds is 4. The van der Waals surface area contributed by atoms with Crippen molar-refractivity contribution < 1.29 is 4.79 Å². The number of carbonyl (C=O) groups is 1. The topological polar surface area (TPSA) is 53.2 Å². The van der Waals surface area contributed by atoms with Gasteiger partial charge in [0.05, 0.1) is 0 Å². The molecule has 0 spiro atoms. The minimum Gasteiger partial charge on any atom is -0.356 e. The first-order chi connectivity index (χ1) is 10.6. The maximum atomic E-state index is 11.7. The molecule has 5 heteroatoms. The van der Waals surface area contributed by atoms with E-state index < -0.39 is 0 Å². The normalized spacial score (nSPS) is 13.5. The summed E-state index contributed by atoms with van der Waals surface area (Å²) in [6.07, 6.45) is 2.17. The molecule has 4 nitrogen and oxygen atoms in total. The molecule has 22 heavy (non-hydrogen) atoms. The van der Waals surface area contributed by atoms with E-state index in [4.69, 9.17) is 0 Å². The average molecular weight is 360 g/mol. The van der Waals surface area contributed by atoms with Gasteiger partial charge in [-0.05, 0) is 67.8 Å². The lowest BCUT2D eigenvalue weighted by atomic mass is 10.2. The second kappa shape index (κ2) is 6.40. The van der Waals surface area contributed by atoms with Crippen LogP contribution in [0.1, 0.15) is 18.4 Å². The zero-order valence-corrected chi connectivity index (χ0v) is 13.9. The molecule has 1 fully saturated rings. The van der Waals surface area contributed by atoms with Crippen LogP contribution < -0.4 is 16.0 Å². The lowest BCUT2D eigenvalue weighted by Crippen LogP contribution is -2.30. The lowest BCUT2D eigenvalue weighted by Gasteiger charge is -2.10. The number of hydrogen-bond acceptors (Lipinski definition) is 2. The Labute approximate surface area is 138 Å². The summed E-state index contributed by atoms with van der Waals surface area (Å²) in [5.41, 5.74) is 3.98. The van der Waals surface area contributed by atoms with E-state index in [9.17, 15) is 4.79 Å². The number of nitrogens with one attached hydrogen (secondary N) is 3. The van der Waals surface area contributed by atoms with E-state index in [-0.39, 0.29) is 6.03 Å². The fourth-order valence-corrected chi connectivity index (χ4v) is 2.35. The number of hydrogen-bond donors (Lipinski definition) is 3. The minimum atomic E-state index is -0.133. The monoisotopic (exact) mass is 359 g/mol. The first kappa shape index (κ1) is 14.9. The van der Waals surface area contributed by atoms with Crippen molar-refractivity contribution in [1.82, 2.24) is 5.32 Å². The van der Waals surface area contributed by atoms with Gasteiger partial charge in [0.2, 0.25) is 0 Å². The number of urea groups is 1. The number of halogens is 1. The third kappa shape index (κ3) is 4.01. The highest BCUT2D eigenvalue weighted by Gasteiger charge is 2.23. The van der Waals surface area contributed by atoms with Gasteiger partial charge in [-0.1, -0.05) is 15.9 Å². The molecule has 3 N–H and O–H groups in total. The van der Waals surface area contributed by atoms with Crippen LogP contribution in [0.2, 0.25) is 0 Å². The second-order valence-corrected chi connectivity index (χ2v) is 6.39. The molecule has 2 aromatic rings. The smallest absolute Gasteiger partial charge is 0.319 e. The number of carbonyl (C=O) groups excluding carboxylic acids is 1. The summed E-state index contributed by atoms with van der Waals surface area (Å²) in [5.74, 6) is 0. The standard InChI is InChI=1S/C17H18BrN3O/c1-11-10-15(8-9-16(11)18)19-12-2-4-13(5-3-12)20-17(22)21-14-6-7-14/h2-5,8-10,14,19H,6-7H2,1H3,(H2,20,21,22). The second-order valence-electron chi connectivity index (χ2n) is 5.54. The van der Waals surface area contributed by atoms with Crippen LogP contribution >= 0.6 is 15.9 Å². The lowest BCUT2D eigenvalue weighted by molar-refractivity contribution is 0.251. The molecule has 1 aliphatic rings. The van der Waals surface area contributed by atoms with Crippen LogP contribution in [0.4, 0.5) is 21.9 Å². The third-order valence-corrected chi connectivity index (χ3v) is 4.39. The molecule has 0 unspecified atom stereocenters. The number of anilines is 3. The Morgan fingerprint density at radius 3 is 2.32 bits per heavy atom. The van der Waals surface area contributed by atoms with Gasteiger partial charge in [0, 0.05) is 27.6 Å². The fourth-order valence-electron chi connectivity index (χ4n) is 2.11. The van der Waals surface area contributed by atoms with Crippen LogP contribution in [0.5, 0.6) is 0 Å². The van der Waals surface area contributed by atoms with Crippen molar-refractivity contribution in [2.24, 2.45) is 0 Å². The van der Waals surface area contributed by atoms with E-state index in [1.54, 1.807) is 0 Å².